The first-order chi connectivity index (χ1) is 7.77. The third kappa shape index (κ3) is 2.52. The molecule has 0 heterocycles. The Morgan fingerprint density at radius 3 is 2.81 bits per heavy atom. The largest absolute Gasteiger partial charge is 0.489 e. The van der Waals surface area contributed by atoms with Crippen molar-refractivity contribution in [2.24, 2.45) is 0 Å². The fourth-order valence-electron chi connectivity index (χ4n) is 1.29. The van der Waals surface area contributed by atoms with E-state index >= 15 is 0 Å². The van der Waals surface area contributed by atoms with Gasteiger partial charge in [0.25, 0.3) is 0 Å². The van der Waals surface area contributed by atoms with Crippen LogP contribution in [0.5, 0.6) is 5.75 Å². The minimum absolute atomic E-state index is 0.114. The maximum atomic E-state index is 13.4. The molecular weight excluding hydrogens is 227 g/mol. The second-order valence-electron chi connectivity index (χ2n) is 3.23. The molecule has 2 rings (SSSR count). The maximum Gasteiger partial charge on any atom is 0.131 e. The number of hydrogen-bond acceptors (Lipinski definition) is 1. The lowest BCUT2D eigenvalue weighted by Crippen LogP contribution is -1.99. The van der Waals surface area contributed by atoms with Gasteiger partial charge in [-0.1, -0.05) is 29.8 Å². The topological polar surface area (TPSA) is 9.23 Å². The number of ether oxygens (including phenoxy) is 1. The second kappa shape index (κ2) is 4.99. The first-order valence-corrected chi connectivity index (χ1v) is 5.17. The number of benzene rings is 2. The molecule has 0 aliphatic carbocycles. The highest BCUT2D eigenvalue weighted by Crippen LogP contribution is 2.21. The monoisotopic (exact) mass is 235 g/mol. The van der Waals surface area contributed by atoms with Crippen LogP contribution in [-0.2, 0) is 6.61 Å². The van der Waals surface area contributed by atoms with Crippen molar-refractivity contribution in [2.45, 2.75) is 6.61 Å². The highest BCUT2D eigenvalue weighted by molar-refractivity contribution is 6.31. The van der Waals surface area contributed by atoms with Crippen LogP contribution in [0.1, 0.15) is 5.56 Å². The van der Waals surface area contributed by atoms with E-state index in [-0.39, 0.29) is 12.4 Å². The molecule has 2 aromatic rings. The standard InChI is InChI=1S/C13H9ClFO/c14-12-7-4-8-13(15)11(12)9-16-10-5-2-1-3-6-10/h1-2,4-8H,9H2. The maximum absolute atomic E-state index is 13.4. The molecule has 0 spiro atoms. The van der Waals surface area contributed by atoms with E-state index in [1.54, 1.807) is 36.4 Å². The van der Waals surface area contributed by atoms with Gasteiger partial charge in [0, 0.05) is 5.56 Å². The van der Waals surface area contributed by atoms with Crippen LogP contribution >= 0.6 is 11.6 Å². The zero-order valence-electron chi connectivity index (χ0n) is 8.41. The van der Waals surface area contributed by atoms with Gasteiger partial charge in [-0.3, -0.25) is 0 Å². The minimum Gasteiger partial charge on any atom is -0.489 e. The van der Waals surface area contributed by atoms with E-state index in [0.717, 1.165) is 0 Å². The van der Waals surface area contributed by atoms with Gasteiger partial charge in [0.05, 0.1) is 5.02 Å². The molecule has 0 saturated carbocycles. The van der Waals surface area contributed by atoms with Crippen molar-refractivity contribution in [3.8, 4) is 5.75 Å². The van der Waals surface area contributed by atoms with E-state index in [0.29, 0.717) is 16.3 Å². The highest BCUT2D eigenvalue weighted by Gasteiger charge is 2.07. The molecule has 3 heteroatoms. The van der Waals surface area contributed by atoms with Crippen LogP contribution in [0.4, 0.5) is 4.39 Å². The zero-order valence-corrected chi connectivity index (χ0v) is 9.17. The Bertz CT molecular complexity index is 450. The van der Waals surface area contributed by atoms with Crippen molar-refractivity contribution in [2.75, 3.05) is 0 Å². The Balaban J connectivity index is 2.11. The fraction of sp³-hybridized carbons (Fsp3) is 0.0769. The van der Waals surface area contributed by atoms with E-state index in [9.17, 15) is 4.39 Å². The van der Waals surface area contributed by atoms with Crippen LogP contribution in [0.15, 0.2) is 42.5 Å². The number of rotatable bonds is 3. The fourth-order valence-corrected chi connectivity index (χ4v) is 1.51. The van der Waals surface area contributed by atoms with Crippen molar-refractivity contribution in [3.63, 3.8) is 0 Å². The van der Waals surface area contributed by atoms with Crippen molar-refractivity contribution in [1.82, 2.24) is 0 Å². The minimum atomic E-state index is -0.354. The van der Waals surface area contributed by atoms with Crippen LogP contribution in [0.2, 0.25) is 5.02 Å². The van der Waals surface area contributed by atoms with Crippen LogP contribution in [0.3, 0.4) is 0 Å². The number of hydrogen-bond donors (Lipinski definition) is 0. The molecule has 0 aromatic heterocycles. The van der Waals surface area contributed by atoms with Gasteiger partial charge in [0.1, 0.15) is 18.2 Å². The normalized spacial score (nSPS) is 10.1. The second-order valence-corrected chi connectivity index (χ2v) is 3.64. The summed E-state index contributed by atoms with van der Waals surface area (Å²) in [5.41, 5.74) is 0.369. The van der Waals surface area contributed by atoms with Crippen LogP contribution in [0, 0.1) is 11.9 Å². The molecule has 0 saturated heterocycles. The first-order valence-electron chi connectivity index (χ1n) is 4.79. The smallest absolute Gasteiger partial charge is 0.131 e. The summed E-state index contributed by atoms with van der Waals surface area (Å²) in [6.45, 7) is 0.114. The molecule has 0 atom stereocenters. The first kappa shape index (κ1) is 11.0. The molecule has 2 aromatic carbocycles. The van der Waals surface area contributed by atoms with Gasteiger partial charge < -0.3 is 4.74 Å². The summed E-state index contributed by atoms with van der Waals surface area (Å²) in [4.78, 5) is 0. The van der Waals surface area contributed by atoms with E-state index in [2.05, 4.69) is 6.07 Å². The van der Waals surface area contributed by atoms with Gasteiger partial charge in [-0.2, -0.15) is 0 Å². The molecule has 0 bridgehead atoms. The third-order valence-corrected chi connectivity index (χ3v) is 2.48. The quantitative estimate of drug-likeness (QED) is 0.785. The van der Waals surface area contributed by atoms with Gasteiger partial charge >= 0.3 is 0 Å². The zero-order chi connectivity index (χ0) is 11.4. The Labute approximate surface area is 98.4 Å². The van der Waals surface area contributed by atoms with Gasteiger partial charge in [-0.05, 0) is 30.3 Å². The average Bonchev–Trinajstić information content (AvgIpc) is 2.30. The molecule has 0 unspecified atom stereocenters. The molecule has 0 fully saturated rings. The van der Waals surface area contributed by atoms with Gasteiger partial charge in [-0.15, -0.1) is 0 Å². The summed E-state index contributed by atoms with van der Waals surface area (Å²) in [6.07, 6.45) is 0. The Morgan fingerprint density at radius 2 is 2.12 bits per heavy atom. The lowest BCUT2D eigenvalue weighted by molar-refractivity contribution is 0.300. The van der Waals surface area contributed by atoms with Gasteiger partial charge in [-0.25, -0.2) is 4.39 Å². The Morgan fingerprint density at radius 1 is 1.25 bits per heavy atom. The SMILES string of the molecule is Fc1cccc(Cl)c1COc1c[c]ccc1. The van der Waals surface area contributed by atoms with Crippen molar-refractivity contribution >= 4 is 11.6 Å². The predicted octanol–water partition coefficient (Wildman–Crippen LogP) is 3.86. The van der Waals surface area contributed by atoms with E-state index in [1.807, 2.05) is 0 Å². The van der Waals surface area contributed by atoms with Crippen molar-refractivity contribution in [1.29, 1.82) is 0 Å². The third-order valence-electron chi connectivity index (χ3n) is 2.12. The van der Waals surface area contributed by atoms with Gasteiger partial charge in [0.15, 0.2) is 0 Å². The molecule has 0 aliphatic heterocycles. The lowest BCUT2D eigenvalue weighted by atomic mass is 10.2. The Hall–Kier alpha value is -1.54. The molecule has 0 aliphatic rings. The highest BCUT2D eigenvalue weighted by atomic mass is 35.5. The van der Waals surface area contributed by atoms with Crippen molar-refractivity contribution in [3.05, 3.63) is 64.9 Å². The van der Waals surface area contributed by atoms with E-state index in [4.69, 9.17) is 16.3 Å². The lowest BCUT2D eigenvalue weighted by Gasteiger charge is -2.08. The molecule has 0 amide bonds. The van der Waals surface area contributed by atoms with Gasteiger partial charge in [0.2, 0.25) is 0 Å². The number of halogens is 2. The summed E-state index contributed by atoms with van der Waals surface area (Å²) < 4.78 is 18.8. The van der Waals surface area contributed by atoms with Crippen LogP contribution in [0.25, 0.3) is 0 Å². The molecule has 81 valence electrons. The summed E-state index contributed by atoms with van der Waals surface area (Å²) in [5.74, 6) is 0.286. The summed E-state index contributed by atoms with van der Waals surface area (Å²) in [6, 6.07) is 14.5. The van der Waals surface area contributed by atoms with E-state index < -0.39 is 0 Å². The Kier molecular flexibility index (Phi) is 3.42. The molecule has 16 heavy (non-hydrogen) atoms. The average molecular weight is 236 g/mol. The summed E-state index contributed by atoms with van der Waals surface area (Å²) in [7, 11) is 0. The van der Waals surface area contributed by atoms with Crippen LogP contribution < -0.4 is 4.74 Å². The predicted molar refractivity (Wildman–Crippen MR) is 61.0 cm³/mol. The molecular formula is C13H9ClFO. The van der Waals surface area contributed by atoms with Crippen LogP contribution in [-0.4, -0.2) is 0 Å². The summed E-state index contributed by atoms with van der Waals surface area (Å²) >= 11 is 5.87. The molecule has 0 N–H and O–H groups in total. The molecule has 1 radical (unpaired) electrons. The molecule has 1 nitrogen and oxygen atoms in total. The summed E-state index contributed by atoms with van der Waals surface area (Å²) in [5, 5.41) is 0.375. The van der Waals surface area contributed by atoms with Crippen molar-refractivity contribution < 1.29 is 9.13 Å². The van der Waals surface area contributed by atoms with E-state index in [1.165, 1.54) is 6.07 Å².